The van der Waals surface area contributed by atoms with E-state index in [1.807, 2.05) is 0 Å². The van der Waals surface area contributed by atoms with Gasteiger partial charge in [-0.1, -0.05) is 23.7 Å². The summed E-state index contributed by atoms with van der Waals surface area (Å²) in [6.45, 7) is 0.107. The van der Waals surface area contributed by atoms with Crippen LogP contribution in [0.1, 0.15) is 11.1 Å². The van der Waals surface area contributed by atoms with Gasteiger partial charge >= 0.3 is 6.18 Å². The lowest BCUT2D eigenvalue weighted by atomic mass is 10.1. The molecule has 0 spiro atoms. The molecule has 0 aromatic heterocycles. The second kappa shape index (κ2) is 5.81. The quantitative estimate of drug-likeness (QED) is 0.636. The number of rotatable bonds is 3. The SMILES string of the molecule is Nc1cc(F)c(Cl)cc1NCc1cccc(C(F)(F)F)c1. The number of halogens is 5. The van der Waals surface area contributed by atoms with Crippen LogP contribution in [0.2, 0.25) is 5.02 Å². The van der Waals surface area contributed by atoms with Crippen LogP contribution in [-0.4, -0.2) is 0 Å². The fourth-order valence-electron chi connectivity index (χ4n) is 1.77. The van der Waals surface area contributed by atoms with E-state index < -0.39 is 17.6 Å². The smallest absolute Gasteiger partial charge is 0.397 e. The highest BCUT2D eigenvalue weighted by Crippen LogP contribution is 2.30. The summed E-state index contributed by atoms with van der Waals surface area (Å²) >= 11 is 5.63. The van der Waals surface area contributed by atoms with E-state index in [0.29, 0.717) is 11.3 Å². The van der Waals surface area contributed by atoms with Gasteiger partial charge in [-0.3, -0.25) is 0 Å². The molecule has 0 radical (unpaired) electrons. The number of alkyl halides is 3. The van der Waals surface area contributed by atoms with Crippen LogP contribution in [0.5, 0.6) is 0 Å². The van der Waals surface area contributed by atoms with E-state index >= 15 is 0 Å². The van der Waals surface area contributed by atoms with Gasteiger partial charge in [-0.15, -0.1) is 0 Å². The lowest BCUT2D eigenvalue weighted by molar-refractivity contribution is -0.137. The number of nitrogens with one attached hydrogen (secondary N) is 1. The molecule has 0 amide bonds. The van der Waals surface area contributed by atoms with Crippen molar-refractivity contribution in [3.63, 3.8) is 0 Å². The first-order valence-corrected chi connectivity index (χ1v) is 6.29. The monoisotopic (exact) mass is 318 g/mol. The van der Waals surface area contributed by atoms with Crippen molar-refractivity contribution in [2.45, 2.75) is 12.7 Å². The highest BCUT2D eigenvalue weighted by molar-refractivity contribution is 6.31. The van der Waals surface area contributed by atoms with Crippen LogP contribution in [0.4, 0.5) is 28.9 Å². The summed E-state index contributed by atoms with van der Waals surface area (Å²) in [6.07, 6.45) is -4.39. The average Bonchev–Trinajstić information content (AvgIpc) is 2.41. The highest BCUT2D eigenvalue weighted by atomic mass is 35.5. The second-order valence-electron chi connectivity index (χ2n) is 4.41. The van der Waals surface area contributed by atoms with E-state index in [1.165, 1.54) is 12.1 Å². The summed E-state index contributed by atoms with van der Waals surface area (Å²) in [7, 11) is 0. The first-order chi connectivity index (χ1) is 9.77. The van der Waals surface area contributed by atoms with E-state index in [2.05, 4.69) is 5.32 Å². The average molecular weight is 319 g/mol. The molecule has 0 fully saturated rings. The molecule has 0 aliphatic rings. The second-order valence-corrected chi connectivity index (χ2v) is 4.81. The lowest BCUT2D eigenvalue weighted by Crippen LogP contribution is -2.07. The molecule has 2 nitrogen and oxygen atoms in total. The minimum absolute atomic E-state index is 0.107. The Bertz CT molecular complexity index is 656. The molecule has 0 saturated heterocycles. The van der Waals surface area contributed by atoms with E-state index in [4.69, 9.17) is 17.3 Å². The molecule has 3 N–H and O–H groups in total. The number of hydrogen-bond acceptors (Lipinski definition) is 2. The Morgan fingerprint density at radius 2 is 1.86 bits per heavy atom. The van der Waals surface area contributed by atoms with Crippen molar-refractivity contribution < 1.29 is 17.6 Å². The largest absolute Gasteiger partial charge is 0.416 e. The summed E-state index contributed by atoms with van der Waals surface area (Å²) in [5.74, 6) is -0.654. The Hall–Kier alpha value is -1.95. The van der Waals surface area contributed by atoms with Crippen molar-refractivity contribution >= 4 is 23.0 Å². The molecule has 0 heterocycles. The molecule has 0 saturated carbocycles. The van der Waals surface area contributed by atoms with Crippen LogP contribution in [0, 0.1) is 5.82 Å². The summed E-state index contributed by atoms with van der Waals surface area (Å²) < 4.78 is 50.9. The van der Waals surface area contributed by atoms with Crippen LogP contribution in [-0.2, 0) is 12.7 Å². The Balaban J connectivity index is 2.15. The predicted molar refractivity (Wildman–Crippen MR) is 74.6 cm³/mol. The van der Waals surface area contributed by atoms with Crippen LogP contribution >= 0.6 is 11.6 Å². The molecule has 7 heteroatoms. The molecule has 2 aromatic rings. The maximum absolute atomic E-state index is 13.1. The van der Waals surface area contributed by atoms with Crippen molar-refractivity contribution in [3.8, 4) is 0 Å². The Morgan fingerprint density at radius 3 is 2.52 bits per heavy atom. The standard InChI is InChI=1S/C14H11ClF4N2/c15-10-5-13(12(20)6-11(10)16)21-7-8-2-1-3-9(4-8)14(17,18)19/h1-6,21H,7,20H2. The van der Waals surface area contributed by atoms with Crippen LogP contribution in [0.25, 0.3) is 0 Å². The number of nitrogens with two attached hydrogens (primary N) is 1. The fourth-order valence-corrected chi connectivity index (χ4v) is 1.93. The van der Waals surface area contributed by atoms with Gasteiger partial charge in [-0.05, 0) is 23.8 Å². The first kappa shape index (κ1) is 15.4. The molecule has 112 valence electrons. The van der Waals surface area contributed by atoms with Gasteiger partial charge in [-0.2, -0.15) is 13.2 Å². The minimum atomic E-state index is -4.39. The zero-order valence-corrected chi connectivity index (χ0v) is 11.4. The Morgan fingerprint density at radius 1 is 1.14 bits per heavy atom. The van der Waals surface area contributed by atoms with Gasteiger partial charge in [0.2, 0.25) is 0 Å². The summed E-state index contributed by atoms with van der Waals surface area (Å²) in [4.78, 5) is 0. The van der Waals surface area contributed by atoms with Crippen molar-refractivity contribution in [1.82, 2.24) is 0 Å². The van der Waals surface area contributed by atoms with Crippen LogP contribution in [0.15, 0.2) is 36.4 Å². The fraction of sp³-hybridized carbons (Fsp3) is 0.143. The molecule has 21 heavy (non-hydrogen) atoms. The molecule has 0 unspecified atom stereocenters. The zero-order valence-electron chi connectivity index (χ0n) is 10.6. The maximum Gasteiger partial charge on any atom is 0.416 e. The molecule has 0 aliphatic heterocycles. The molecule has 0 atom stereocenters. The third-order valence-corrected chi connectivity index (χ3v) is 3.12. The zero-order chi connectivity index (χ0) is 15.6. The Labute approximate surface area is 123 Å². The third-order valence-electron chi connectivity index (χ3n) is 2.83. The summed E-state index contributed by atoms with van der Waals surface area (Å²) in [6, 6.07) is 7.24. The highest BCUT2D eigenvalue weighted by Gasteiger charge is 2.30. The minimum Gasteiger partial charge on any atom is -0.397 e. The molecular weight excluding hydrogens is 308 g/mol. The van der Waals surface area contributed by atoms with Gasteiger partial charge in [0.1, 0.15) is 5.82 Å². The number of anilines is 2. The number of benzene rings is 2. The molecule has 2 aromatic carbocycles. The van der Waals surface area contributed by atoms with Crippen molar-refractivity contribution in [3.05, 3.63) is 58.4 Å². The normalized spacial score (nSPS) is 11.5. The van der Waals surface area contributed by atoms with Crippen molar-refractivity contribution in [2.75, 3.05) is 11.1 Å². The topological polar surface area (TPSA) is 38.0 Å². The van der Waals surface area contributed by atoms with Gasteiger partial charge in [0.25, 0.3) is 0 Å². The first-order valence-electron chi connectivity index (χ1n) is 5.92. The van der Waals surface area contributed by atoms with E-state index in [9.17, 15) is 17.6 Å². The van der Waals surface area contributed by atoms with E-state index in [0.717, 1.165) is 18.2 Å². The van der Waals surface area contributed by atoms with Gasteiger partial charge in [-0.25, -0.2) is 4.39 Å². The van der Waals surface area contributed by atoms with Crippen LogP contribution in [0.3, 0.4) is 0 Å². The van der Waals surface area contributed by atoms with Gasteiger partial charge < -0.3 is 11.1 Å². The molecular formula is C14H11ClF4N2. The van der Waals surface area contributed by atoms with Crippen molar-refractivity contribution in [1.29, 1.82) is 0 Å². The molecule has 2 rings (SSSR count). The summed E-state index contributed by atoms with van der Waals surface area (Å²) in [5, 5.41) is 2.72. The molecule has 0 aliphatic carbocycles. The predicted octanol–water partition coefficient (Wildman–Crippen LogP) is 4.69. The lowest BCUT2D eigenvalue weighted by Gasteiger charge is -2.12. The van der Waals surface area contributed by atoms with Gasteiger partial charge in [0, 0.05) is 12.6 Å². The molecule has 0 bridgehead atoms. The number of hydrogen-bond donors (Lipinski definition) is 2. The van der Waals surface area contributed by atoms with Crippen molar-refractivity contribution in [2.24, 2.45) is 0 Å². The van der Waals surface area contributed by atoms with Crippen LogP contribution < -0.4 is 11.1 Å². The summed E-state index contributed by atoms with van der Waals surface area (Å²) in [5.41, 5.74) is 5.79. The van der Waals surface area contributed by atoms with Gasteiger partial charge in [0.15, 0.2) is 0 Å². The number of nitrogen functional groups attached to an aromatic ring is 1. The van der Waals surface area contributed by atoms with E-state index in [-0.39, 0.29) is 17.3 Å². The maximum atomic E-state index is 13.1. The van der Waals surface area contributed by atoms with Gasteiger partial charge in [0.05, 0.1) is 22.0 Å². The third kappa shape index (κ3) is 3.78. The van der Waals surface area contributed by atoms with E-state index in [1.54, 1.807) is 6.07 Å². The Kier molecular flexibility index (Phi) is 4.27.